The smallest absolute Gasteiger partial charge is 0.0651 e. The summed E-state index contributed by atoms with van der Waals surface area (Å²) in [6, 6.07) is 11.5. The fourth-order valence-electron chi connectivity index (χ4n) is 3.65. The van der Waals surface area contributed by atoms with Crippen molar-refractivity contribution in [3.63, 3.8) is 0 Å². The van der Waals surface area contributed by atoms with Crippen LogP contribution in [0.2, 0.25) is 0 Å². The summed E-state index contributed by atoms with van der Waals surface area (Å²) in [7, 11) is 0. The van der Waals surface area contributed by atoms with E-state index >= 15 is 0 Å². The van der Waals surface area contributed by atoms with Gasteiger partial charge in [0.1, 0.15) is 0 Å². The van der Waals surface area contributed by atoms with Crippen molar-refractivity contribution < 1.29 is 0 Å². The largest absolute Gasteiger partial charge is 0.305 e. The first kappa shape index (κ1) is 16.6. The molecule has 1 aliphatic rings. The zero-order valence-corrected chi connectivity index (χ0v) is 16.0. The molecule has 0 amide bonds. The van der Waals surface area contributed by atoms with Crippen molar-refractivity contribution in [2.24, 2.45) is 0 Å². The van der Waals surface area contributed by atoms with Crippen LogP contribution in [0.3, 0.4) is 0 Å². The molecule has 130 valence electrons. The van der Waals surface area contributed by atoms with Crippen LogP contribution in [0.15, 0.2) is 36.5 Å². The van der Waals surface area contributed by atoms with Gasteiger partial charge >= 0.3 is 0 Å². The van der Waals surface area contributed by atoms with Gasteiger partial charge in [-0.15, -0.1) is 11.3 Å². The Morgan fingerprint density at radius 1 is 1.16 bits per heavy atom. The van der Waals surface area contributed by atoms with E-state index in [9.17, 15) is 0 Å². The van der Waals surface area contributed by atoms with Gasteiger partial charge in [-0.1, -0.05) is 6.07 Å². The average Bonchev–Trinajstić information content (AvgIpc) is 3.22. The third-order valence-electron chi connectivity index (χ3n) is 5.24. The van der Waals surface area contributed by atoms with Crippen LogP contribution in [0, 0.1) is 20.8 Å². The van der Waals surface area contributed by atoms with Crippen LogP contribution < -0.4 is 5.32 Å². The van der Waals surface area contributed by atoms with E-state index in [1.165, 1.54) is 50.7 Å². The van der Waals surface area contributed by atoms with E-state index in [1.54, 1.807) is 0 Å². The van der Waals surface area contributed by atoms with Gasteiger partial charge in [-0.25, -0.2) is 4.68 Å². The van der Waals surface area contributed by atoms with Crippen LogP contribution in [0.5, 0.6) is 0 Å². The Bertz CT molecular complexity index is 890. The quantitative estimate of drug-likeness (QED) is 0.715. The lowest BCUT2D eigenvalue weighted by molar-refractivity contribution is 0.456. The van der Waals surface area contributed by atoms with E-state index in [2.05, 4.69) is 67.3 Å². The van der Waals surface area contributed by atoms with E-state index in [0.717, 1.165) is 13.0 Å². The van der Waals surface area contributed by atoms with Gasteiger partial charge in [-0.05, 0) is 75.4 Å². The highest BCUT2D eigenvalue weighted by molar-refractivity contribution is 7.11. The molecule has 0 bridgehead atoms. The molecule has 2 heterocycles. The van der Waals surface area contributed by atoms with Crippen LogP contribution in [-0.4, -0.2) is 9.78 Å². The highest BCUT2D eigenvalue weighted by Gasteiger charge is 2.24. The second kappa shape index (κ2) is 6.77. The minimum atomic E-state index is 0.409. The third-order valence-corrected chi connectivity index (χ3v) is 6.24. The van der Waals surface area contributed by atoms with Crippen LogP contribution >= 0.6 is 11.3 Å². The number of rotatable bonds is 4. The zero-order valence-electron chi connectivity index (χ0n) is 15.2. The molecule has 0 aliphatic heterocycles. The Kier molecular flexibility index (Phi) is 4.48. The van der Waals surface area contributed by atoms with Crippen LogP contribution in [0.25, 0.3) is 5.69 Å². The molecule has 0 fully saturated rings. The van der Waals surface area contributed by atoms with Crippen molar-refractivity contribution in [3.05, 3.63) is 68.7 Å². The van der Waals surface area contributed by atoms with Crippen LogP contribution in [0.1, 0.15) is 51.0 Å². The molecule has 1 N–H and O–H groups in total. The average molecular weight is 352 g/mol. The molecule has 25 heavy (non-hydrogen) atoms. The number of fused-ring (bicyclic) bond motifs is 1. The van der Waals surface area contributed by atoms with Gasteiger partial charge in [-0.3, -0.25) is 0 Å². The van der Waals surface area contributed by atoms with E-state index in [-0.39, 0.29) is 0 Å². The van der Waals surface area contributed by atoms with Gasteiger partial charge in [0.2, 0.25) is 0 Å². The molecular weight excluding hydrogens is 326 g/mol. The summed E-state index contributed by atoms with van der Waals surface area (Å²) >= 11 is 1.88. The topological polar surface area (TPSA) is 29.9 Å². The molecule has 3 aromatic rings. The molecule has 1 aliphatic carbocycles. The van der Waals surface area contributed by atoms with Gasteiger partial charge < -0.3 is 5.32 Å². The first-order valence-corrected chi connectivity index (χ1v) is 9.86. The van der Waals surface area contributed by atoms with Crippen molar-refractivity contribution in [3.8, 4) is 5.69 Å². The Balaban J connectivity index is 1.58. The third kappa shape index (κ3) is 3.29. The van der Waals surface area contributed by atoms with Crippen molar-refractivity contribution in [2.75, 3.05) is 0 Å². The Morgan fingerprint density at radius 3 is 2.80 bits per heavy atom. The molecule has 0 radical (unpaired) electrons. The summed E-state index contributed by atoms with van der Waals surface area (Å²) < 4.78 is 2.14. The molecule has 0 unspecified atom stereocenters. The van der Waals surface area contributed by atoms with Crippen molar-refractivity contribution in [2.45, 2.75) is 52.6 Å². The number of aryl methyl sites for hydroxylation is 3. The van der Waals surface area contributed by atoms with Gasteiger partial charge in [0.15, 0.2) is 0 Å². The van der Waals surface area contributed by atoms with Gasteiger partial charge in [0.25, 0.3) is 0 Å². The van der Waals surface area contributed by atoms with Crippen molar-refractivity contribution in [1.29, 1.82) is 0 Å². The summed E-state index contributed by atoms with van der Waals surface area (Å²) in [5.41, 5.74) is 6.57. The first-order valence-electron chi connectivity index (χ1n) is 9.05. The van der Waals surface area contributed by atoms with Crippen molar-refractivity contribution >= 4 is 11.3 Å². The number of benzene rings is 1. The maximum atomic E-state index is 4.73. The Morgan fingerprint density at radius 2 is 2.04 bits per heavy atom. The van der Waals surface area contributed by atoms with Crippen molar-refractivity contribution in [1.82, 2.24) is 15.1 Å². The van der Waals surface area contributed by atoms with E-state index in [4.69, 9.17) is 5.10 Å². The van der Waals surface area contributed by atoms with Gasteiger partial charge in [-0.2, -0.15) is 5.10 Å². The highest BCUT2D eigenvalue weighted by atomic mass is 32.1. The fraction of sp³-hybridized carbons (Fsp3) is 0.381. The molecule has 1 atom stereocenters. The number of nitrogens with one attached hydrogen (secondary N) is 1. The molecule has 4 rings (SSSR count). The van der Waals surface area contributed by atoms with Gasteiger partial charge in [0, 0.05) is 33.6 Å². The second-order valence-electron chi connectivity index (χ2n) is 7.07. The summed E-state index contributed by atoms with van der Waals surface area (Å²) in [5, 5.41) is 8.48. The fourth-order valence-corrected chi connectivity index (χ4v) is 4.49. The molecule has 0 saturated heterocycles. The van der Waals surface area contributed by atoms with Crippen LogP contribution in [0.4, 0.5) is 0 Å². The maximum Gasteiger partial charge on any atom is 0.0651 e. The van der Waals surface area contributed by atoms with E-state index < -0.39 is 0 Å². The lowest BCUT2D eigenvalue weighted by Gasteiger charge is -2.24. The number of hydrogen-bond donors (Lipinski definition) is 1. The van der Waals surface area contributed by atoms with Gasteiger partial charge in [0.05, 0.1) is 11.9 Å². The number of hydrogen-bond acceptors (Lipinski definition) is 3. The molecule has 0 saturated carbocycles. The lowest BCUT2D eigenvalue weighted by Crippen LogP contribution is -2.24. The van der Waals surface area contributed by atoms with Crippen LogP contribution in [-0.2, 0) is 13.0 Å². The maximum absolute atomic E-state index is 4.73. The summed E-state index contributed by atoms with van der Waals surface area (Å²) in [6.45, 7) is 7.43. The Hall–Kier alpha value is -1.91. The summed E-state index contributed by atoms with van der Waals surface area (Å²) in [5.74, 6) is 0. The zero-order chi connectivity index (χ0) is 17.4. The minimum absolute atomic E-state index is 0.409. The minimum Gasteiger partial charge on any atom is -0.305 e. The first-order chi connectivity index (χ1) is 12.1. The number of nitrogens with zero attached hydrogens (tertiary/aromatic N) is 2. The molecule has 3 nitrogen and oxygen atoms in total. The molecular formula is C21H25N3S. The number of aromatic nitrogens is 2. The highest BCUT2D eigenvalue weighted by Crippen LogP contribution is 2.32. The molecule has 1 aromatic carbocycles. The predicted octanol–water partition coefficient (Wildman–Crippen LogP) is 5.03. The SMILES string of the molecule is Cc1ccc(CN[C@@H]2CCCc3c2cnn3-c2ccc(C)c(C)c2)s1. The standard InChI is InChI=1S/C21H25N3S/c1-14-7-9-17(11-15(14)2)24-21-6-4-5-20(19(21)13-23-24)22-12-18-10-8-16(3)25-18/h7-11,13,20,22H,4-6,12H2,1-3H3/t20-/m1/s1. The van der Waals surface area contributed by atoms with E-state index in [0.29, 0.717) is 6.04 Å². The lowest BCUT2D eigenvalue weighted by atomic mass is 9.93. The molecule has 0 spiro atoms. The summed E-state index contributed by atoms with van der Waals surface area (Å²) in [4.78, 5) is 2.79. The van der Waals surface area contributed by atoms with E-state index in [1.807, 2.05) is 11.3 Å². The number of thiophene rings is 1. The summed E-state index contributed by atoms with van der Waals surface area (Å²) in [6.07, 6.45) is 5.58. The normalized spacial score (nSPS) is 16.8. The predicted molar refractivity (Wildman–Crippen MR) is 105 cm³/mol. The monoisotopic (exact) mass is 351 g/mol. The Labute approximate surface area is 153 Å². The molecule has 4 heteroatoms. The molecule has 2 aromatic heterocycles. The second-order valence-corrected chi connectivity index (χ2v) is 8.44.